The number of aryl methyl sites for hydroxylation is 1. The maximum atomic E-state index is 12.0. The molecule has 0 aliphatic heterocycles. The number of pyridine rings is 1. The minimum atomic E-state index is -0.181. The molecule has 0 saturated heterocycles. The Morgan fingerprint density at radius 1 is 1.25 bits per heavy atom. The van der Waals surface area contributed by atoms with Gasteiger partial charge in [-0.05, 0) is 36.8 Å². The summed E-state index contributed by atoms with van der Waals surface area (Å²) in [6.07, 6.45) is 2.12. The molecule has 1 aromatic heterocycles. The van der Waals surface area contributed by atoms with Gasteiger partial charge in [0.2, 0.25) is 0 Å². The second kappa shape index (κ2) is 6.25. The lowest BCUT2D eigenvalue weighted by atomic mass is 10.1. The van der Waals surface area contributed by atoms with Crippen LogP contribution < -0.4 is 11.1 Å². The third-order valence-corrected chi connectivity index (χ3v) is 2.91. The predicted molar refractivity (Wildman–Crippen MR) is 83.9 cm³/mol. The molecule has 0 atom stereocenters. The van der Waals surface area contributed by atoms with Gasteiger partial charge in [0.1, 0.15) is 0 Å². The van der Waals surface area contributed by atoms with Crippen LogP contribution in [0, 0.1) is 6.92 Å². The number of nitrogens with zero attached hydrogens (tertiary/aromatic N) is 1. The van der Waals surface area contributed by atoms with E-state index in [2.05, 4.69) is 10.3 Å². The SMILES string of the molecule is Cc1ccc(C(=O)Nc2ccc(CC(N)=S)cc2)cn1. The lowest BCUT2D eigenvalue weighted by molar-refractivity contribution is 0.102. The number of anilines is 1. The van der Waals surface area contributed by atoms with Crippen LogP contribution in [0.1, 0.15) is 21.6 Å². The lowest BCUT2D eigenvalue weighted by Crippen LogP contribution is -2.13. The molecule has 1 amide bonds. The van der Waals surface area contributed by atoms with E-state index in [1.807, 2.05) is 31.2 Å². The Morgan fingerprint density at radius 3 is 2.50 bits per heavy atom. The summed E-state index contributed by atoms with van der Waals surface area (Å²) in [4.78, 5) is 16.5. The van der Waals surface area contributed by atoms with Crippen molar-refractivity contribution in [2.45, 2.75) is 13.3 Å². The van der Waals surface area contributed by atoms with Crippen LogP contribution >= 0.6 is 12.2 Å². The highest BCUT2D eigenvalue weighted by Crippen LogP contribution is 2.12. The molecule has 2 aromatic rings. The van der Waals surface area contributed by atoms with Gasteiger partial charge in [0, 0.05) is 24.0 Å². The van der Waals surface area contributed by atoms with E-state index in [4.69, 9.17) is 18.0 Å². The standard InChI is InChI=1S/C15H15N3OS/c1-10-2-5-12(9-17-10)15(19)18-13-6-3-11(4-7-13)8-14(16)20/h2-7,9H,8H2,1H3,(H2,16,20)(H,18,19). The number of aromatic nitrogens is 1. The number of rotatable bonds is 4. The summed E-state index contributed by atoms with van der Waals surface area (Å²) in [6, 6.07) is 11.0. The summed E-state index contributed by atoms with van der Waals surface area (Å²) in [5.74, 6) is -0.181. The number of amides is 1. The van der Waals surface area contributed by atoms with E-state index in [-0.39, 0.29) is 5.91 Å². The van der Waals surface area contributed by atoms with E-state index in [1.54, 1.807) is 18.3 Å². The largest absolute Gasteiger partial charge is 0.393 e. The van der Waals surface area contributed by atoms with Crippen LogP contribution in [0.15, 0.2) is 42.6 Å². The summed E-state index contributed by atoms with van der Waals surface area (Å²) < 4.78 is 0. The Hall–Kier alpha value is -2.27. The third-order valence-electron chi connectivity index (χ3n) is 2.76. The second-order valence-corrected chi connectivity index (χ2v) is 5.01. The molecule has 0 saturated carbocycles. The number of thiocarbonyl (C=S) groups is 1. The van der Waals surface area contributed by atoms with Crippen molar-refractivity contribution in [2.75, 3.05) is 5.32 Å². The summed E-state index contributed by atoms with van der Waals surface area (Å²) >= 11 is 4.86. The number of nitrogens with one attached hydrogen (secondary N) is 1. The van der Waals surface area contributed by atoms with E-state index < -0.39 is 0 Å². The number of carbonyl (C=O) groups is 1. The summed E-state index contributed by atoms with van der Waals surface area (Å²) in [6.45, 7) is 1.88. The van der Waals surface area contributed by atoms with Crippen LogP contribution in [-0.2, 0) is 6.42 Å². The first-order valence-corrected chi connectivity index (χ1v) is 6.56. The first kappa shape index (κ1) is 14.1. The quantitative estimate of drug-likeness (QED) is 0.847. The molecule has 0 unspecified atom stereocenters. The molecule has 0 aliphatic carbocycles. The zero-order chi connectivity index (χ0) is 14.5. The number of carbonyl (C=O) groups excluding carboxylic acids is 1. The van der Waals surface area contributed by atoms with E-state index in [0.717, 1.165) is 16.9 Å². The normalized spacial score (nSPS) is 10.1. The van der Waals surface area contributed by atoms with Crippen molar-refractivity contribution >= 4 is 28.8 Å². The van der Waals surface area contributed by atoms with Crippen LogP contribution in [0.5, 0.6) is 0 Å². The Balaban J connectivity index is 2.04. The maximum absolute atomic E-state index is 12.0. The van der Waals surface area contributed by atoms with E-state index in [0.29, 0.717) is 17.0 Å². The van der Waals surface area contributed by atoms with Gasteiger partial charge in [-0.2, -0.15) is 0 Å². The Labute approximate surface area is 123 Å². The van der Waals surface area contributed by atoms with Gasteiger partial charge in [0.05, 0.1) is 10.6 Å². The zero-order valence-corrected chi connectivity index (χ0v) is 11.9. The molecule has 1 heterocycles. The lowest BCUT2D eigenvalue weighted by Gasteiger charge is -2.06. The smallest absolute Gasteiger partial charge is 0.257 e. The van der Waals surface area contributed by atoms with Crippen LogP contribution in [0.4, 0.5) is 5.69 Å². The fraction of sp³-hybridized carbons (Fsp3) is 0.133. The molecule has 0 fully saturated rings. The molecule has 20 heavy (non-hydrogen) atoms. The van der Waals surface area contributed by atoms with Gasteiger partial charge in [-0.25, -0.2) is 0 Å². The van der Waals surface area contributed by atoms with Crippen molar-refractivity contribution in [2.24, 2.45) is 5.73 Å². The molecule has 4 nitrogen and oxygen atoms in total. The average Bonchev–Trinajstić information content (AvgIpc) is 2.41. The minimum absolute atomic E-state index is 0.181. The van der Waals surface area contributed by atoms with Crippen molar-refractivity contribution in [3.8, 4) is 0 Å². The van der Waals surface area contributed by atoms with Crippen molar-refractivity contribution in [3.05, 3.63) is 59.4 Å². The van der Waals surface area contributed by atoms with Crippen LogP contribution in [0.25, 0.3) is 0 Å². The zero-order valence-electron chi connectivity index (χ0n) is 11.1. The van der Waals surface area contributed by atoms with Gasteiger partial charge < -0.3 is 11.1 Å². The molecule has 3 N–H and O–H groups in total. The van der Waals surface area contributed by atoms with Crippen molar-refractivity contribution < 1.29 is 4.79 Å². The maximum Gasteiger partial charge on any atom is 0.257 e. The molecule has 102 valence electrons. The summed E-state index contributed by atoms with van der Waals surface area (Å²) in [5.41, 5.74) is 8.64. The number of benzene rings is 1. The number of hydrogen-bond acceptors (Lipinski definition) is 3. The average molecular weight is 285 g/mol. The Bertz CT molecular complexity index is 621. The highest BCUT2D eigenvalue weighted by molar-refractivity contribution is 7.80. The fourth-order valence-electron chi connectivity index (χ4n) is 1.71. The fourth-order valence-corrected chi connectivity index (χ4v) is 1.88. The summed E-state index contributed by atoms with van der Waals surface area (Å²) in [7, 11) is 0. The number of hydrogen-bond donors (Lipinski definition) is 2. The highest BCUT2D eigenvalue weighted by atomic mass is 32.1. The first-order valence-electron chi connectivity index (χ1n) is 6.16. The highest BCUT2D eigenvalue weighted by Gasteiger charge is 2.06. The molecular formula is C15H15N3OS. The monoisotopic (exact) mass is 285 g/mol. The van der Waals surface area contributed by atoms with E-state index in [9.17, 15) is 4.79 Å². The van der Waals surface area contributed by atoms with Gasteiger partial charge in [-0.15, -0.1) is 0 Å². The first-order chi connectivity index (χ1) is 9.54. The van der Waals surface area contributed by atoms with E-state index >= 15 is 0 Å². The molecule has 5 heteroatoms. The Morgan fingerprint density at radius 2 is 1.95 bits per heavy atom. The summed E-state index contributed by atoms with van der Waals surface area (Å²) in [5, 5.41) is 2.82. The topological polar surface area (TPSA) is 68.0 Å². The molecule has 0 aliphatic rings. The predicted octanol–water partition coefficient (Wildman–Crippen LogP) is 2.47. The van der Waals surface area contributed by atoms with Crippen molar-refractivity contribution in [1.82, 2.24) is 4.98 Å². The van der Waals surface area contributed by atoms with Gasteiger partial charge >= 0.3 is 0 Å². The van der Waals surface area contributed by atoms with Gasteiger partial charge in [0.15, 0.2) is 0 Å². The minimum Gasteiger partial charge on any atom is -0.393 e. The molecule has 1 aromatic carbocycles. The Kier molecular flexibility index (Phi) is 4.42. The molecule has 0 spiro atoms. The molecule has 2 rings (SSSR count). The van der Waals surface area contributed by atoms with Gasteiger partial charge in [0.25, 0.3) is 5.91 Å². The van der Waals surface area contributed by atoms with Crippen molar-refractivity contribution in [1.29, 1.82) is 0 Å². The van der Waals surface area contributed by atoms with Crippen LogP contribution in [0.3, 0.4) is 0 Å². The van der Waals surface area contributed by atoms with Gasteiger partial charge in [-0.1, -0.05) is 24.4 Å². The number of nitrogens with two attached hydrogens (primary N) is 1. The van der Waals surface area contributed by atoms with Crippen LogP contribution in [-0.4, -0.2) is 15.9 Å². The van der Waals surface area contributed by atoms with Gasteiger partial charge in [-0.3, -0.25) is 9.78 Å². The third kappa shape index (κ3) is 3.86. The van der Waals surface area contributed by atoms with E-state index in [1.165, 1.54) is 0 Å². The second-order valence-electron chi connectivity index (χ2n) is 4.48. The molecular weight excluding hydrogens is 270 g/mol. The van der Waals surface area contributed by atoms with Crippen LogP contribution in [0.2, 0.25) is 0 Å². The van der Waals surface area contributed by atoms with Crippen molar-refractivity contribution in [3.63, 3.8) is 0 Å². The molecule has 0 radical (unpaired) electrons. The molecule has 0 bridgehead atoms.